The smallest absolute Gasteiger partial charge is 0.338 e. The average Bonchev–Trinajstić information content (AvgIpc) is 2.93. The van der Waals surface area contributed by atoms with E-state index in [1.165, 1.54) is 13.2 Å². The highest BCUT2D eigenvalue weighted by atomic mass is 16.6. The third-order valence-corrected chi connectivity index (χ3v) is 4.82. The van der Waals surface area contributed by atoms with Gasteiger partial charge in [-0.3, -0.25) is 0 Å². The Morgan fingerprint density at radius 2 is 1.22 bits per heavy atom. The van der Waals surface area contributed by atoms with Gasteiger partial charge in [-0.05, 0) is 30.2 Å². The van der Waals surface area contributed by atoms with Crippen molar-refractivity contribution in [3.05, 3.63) is 108 Å². The molecular weight excluding hydrogens is 476 g/mol. The van der Waals surface area contributed by atoms with Crippen molar-refractivity contribution < 1.29 is 38.1 Å². The van der Waals surface area contributed by atoms with Crippen molar-refractivity contribution in [2.75, 3.05) is 20.3 Å². The topological polar surface area (TPSA) is 97.4 Å². The number of carbonyl (C=O) groups excluding carboxylic acids is 3. The summed E-state index contributed by atoms with van der Waals surface area (Å²) in [6.07, 6.45) is 6.63. The predicted octanol–water partition coefficient (Wildman–Crippen LogP) is 4.11. The number of allylic oxidation sites excluding steroid dienone is 3. The molecule has 0 saturated carbocycles. The summed E-state index contributed by atoms with van der Waals surface area (Å²) in [7, 11) is 1.24. The van der Waals surface area contributed by atoms with Crippen LogP contribution in [0, 0.1) is 0 Å². The molecule has 0 N–H and O–H groups in total. The summed E-state index contributed by atoms with van der Waals surface area (Å²) < 4.78 is 26.9. The summed E-state index contributed by atoms with van der Waals surface area (Å²) in [5.74, 6) is -2.21. The molecule has 0 unspecified atom stereocenters. The van der Waals surface area contributed by atoms with Gasteiger partial charge in [-0.25, -0.2) is 14.4 Å². The Hall–Kier alpha value is -4.01. The van der Waals surface area contributed by atoms with Gasteiger partial charge < -0.3 is 23.7 Å². The van der Waals surface area contributed by atoms with Crippen LogP contribution in [0.1, 0.15) is 18.1 Å². The molecule has 0 bridgehead atoms. The highest BCUT2D eigenvalue weighted by Gasteiger charge is 2.38. The number of methoxy groups -OCH3 is 1. The molecule has 0 saturated heterocycles. The lowest BCUT2D eigenvalue weighted by atomic mass is 10.1. The minimum absolute atomic E-state index is 0.0172. The number of ether oxygens (including phenoxy) is 5. The molecule has 8 nitrogen and oxygen atoms in total. The first-order chi connectivity index (χ1) is 18.0. The summed E-state index contributed by atoms with van der Waals surface area (Å²) in [6.45, 7) is 1.68. The summed E-state index contributed by atoms with van der Waals surface area (Å²) in [4.78, 5) is 37.4. The Morgan fingerprint density at radius 3 is 1.68 bits per heavy atom. The molecule has 0 aromatic heterocycles. The molecule has 0 heterocycles. The number of carbonyl (C=O) groups is 3. The van der Waals surface area contributed by atoms with E-state index in [2.05, 4.69) is 4.74 Å². The fraction of sp³-hybridized carbons (Fsp3) is 0.276. The van der Waals surface area contributed by atoms with Gasteiger partial charge in [0.1, 0.15) is 13.2 Å². The Balaban J connectivity index is 2.22. The first kappa shape index (κ1) is 29.2. The van der Waals surface area contributed by atoms with E-state index in [0.29, 0.717) is 0 Å². The highest BCUT2D eigenvalue weighted by molar-refractivity contribution is 5.86. The summed E-state index contributed by atoms with van der Waals surface area (Å²) >= 11 is 0. The van der Waals surface area contributed by atoms with Crippen LogP contribution in [0.25, 0.3) is 0 Å². The predicted molar refractivity (Wildman–Crippen MR) is 137 cm³/mol. The van der Waals surface area contributed by atoms with Crippen LogP contribution in [-0.2, 0) is 51.3 Å². The second-order valence-corrected chi connectivity index (χ2v) is 7.57. The normalized spacial score (nSPS) is 13.0. The van der Waals surface area contributed by atoms with Gasteiger partial charge in [0.25, 0.3) is 0 Å². The first-order valence-electron chi connectivity index (χ1n) is 11.7. The van der Waals surface area contributed by atoms with Crippen LogP contribution >= 0.6 is 0 Å². The monoisotopic (exact) mass is 508 g/mol. The van der Waals surface area contributed by atoms with Gasteiger partial charge in [0.15, 0.2) is 12.2 Å². The summed E-state index contributed by atoms with van der Waals surface area (Å²) in [5, 5.41) is 0. The fourth-order valence-electron chi connectivity index (χ4n) is 2.96. The van der Waals surface area contributed by atoms with E-state index in [9.17, 15) is 14.4 Å². The van der Waals surface area contributed by atoms with Crippen LogP contribution in [0.5, 0.6) is 0 Å². The van der Waals surface area contributed by atoms with Crippen LogP contribution in [0.4, 0.5) is 0 Å². The van der Waals surface area contributed by atoms with Gasteiger partial charge in [0, 0.05) is 6.08 Å². The van der Waals surface area contributed by atoms with E-state index in [1.54, 1.807) is 18.2 Å². The fourth-order valence-corrected chi connectivity index (χ4v) is 2.96. The van der Waals surface area contributed by atoms with Crippen LogP contribution < -0.4 is 0 Å². The van der Waals surface area contributed by atoms with E-state index in [0.717, 1.165) is 17.2 Å². The Morgan fingerprint density at radius 1 is 0.730 bits per heavy atom. The summed E-state index contributed by atoms with van der Waals surface area (Å²) in [6, 6.07) is 18.4. The van der Waals surface area contributed by atoms with Crippen LogP contribution in [0.2, 0.25) is 0 Å². The lowest BCUT2D eigenvalue weighted by molar-refractivity contribution is -0.184. The van der Waals surface area contributed by atoms with Crippen molar-refractivity contribution in [1.29, 1.82) is 0 Å². The standard InChI is InChI=1S/C29H32O8/c1-3-4-5-12-19-34-28(31)26(36-21-23-14-8-6-9-15-23)27(37-22-24-16-10-7-11-17-24)29(32)35-20-13-18-25(30)33-2/h3-18,26-27H,19-22H2,1-2H3/b4-3+,12-5+,18-13+/t26-,27-/m0/s1. The van der Waals surface area contributed by atoms with Crippen molar-refractivity contribution >= 4 is 17.9 Å². The Labute approximate surface area is 217 Å². The zero-order valence-electron chi connectivity index (χ0n) is 21.0. The molecular formula is C29H32O8. The third kappa shape index (κ3) is 11.5. The highest BCUT2D eigenvalue weighted by Crippen LogP contribution is 2.15. The first-order valence-corrected chi connectivity index (χ1v) is 11.7. The van der Waals surface area contributed by atoms with Crippen LogP contribution in [0.3, 0.4) is 0 Å². The van der Waals surface area contributed by atoms with E-state index in [4.69, 9.17) is 18.9 Å². The number of rotatable bonds is 15. The van der Waals surface area contributed by atoms with E-state index in [-0.39, 0.29) is 26.4 Å². The second-order valence-electron chi connectivity index (χ2n) is 7.57. The lowest BCUT2D eigenvalue weighted by Crippen LogP contribution is -2.45. The zero-order valence-corrected chi connectivity index (χ0v) is 21.0. The van der Waals surface area contributed by atoms with Gasteiger partial charge in [-0.2, -0.15) is 0 Å². The largest absolute Gasteiger partial charge is 0.466 e. The SMILES string of the molecule is C/C=C/C=C/COC(=O)[C@@H](OCc1ccccc1)[C@H](OCc1ccccc1)C(=O)OC/C=C/C(=O)OC. The van der Waals surface area contributed by atoms with Gasteiger partial charge >= 0.3 is 17.9 Å². The van der Waals surface area contributed by atoms with E-state index < -0.39 is 30.1 Å². The van der Waals surface area contributed by atoms with Gasteiger partial charge in [-0.15, -0.1) is 0 Å². The molecule has 8 heteroatoms. The second kappa shape index (κ2) is 17.4. The third-order valence-electron chi connectivity index (χ3n) is 4.82. The average molecular weight is 509 g/mol. The van der Waals surface area contributed by atoms with Gasteiger partial charge in [0.2, 0.25) is 0 Å². The van der Waals surface area contributed by atoms with Crippen molar-refractivity contribution in [1.82, 2.24) is 0 Å². The maximum atomic E-state index is 13.1. The molecule has 2 aromatic carbocycles. The van der Waals surface area contributed by atoms with Crippen molar-refractivity contribution in [2.24, 2.45) is 0 Å². The quantitative estimate of drug-likeness (QED) is 0.154. The Kier molecular flexibility index (Phi) is 13.8. The van der Waals surface area contributed by atoms with Crippen LogP contribution in [0.15, 0.2) is 97.1 Å². The minimum Gasteiger partial charge on any atom is -0.466 e. The molecule has 0 aliphatic rings. The molecule has 0 aliphatic carbocycles. The van der Waals surface area contributed by atoms with Gasteiger partial charge in [-0.1, -0.05) is 78.9 Å². The molecule has 0 radical (unpaired) electrons. The molecule has 2 aromatic rings. The number of hydrogen-bond acceptors (Lipinski definition) is 8. The Bertz CT molecular complexity index is 1040. The van der Waals surface area contributed by atoms with E-state index >= 15 is 0 Å². The maximum absolute atomic E-state index is 13.1. The van der Waals surface area contributed by atoms with Gasteiger partial charge in [0.05, 0.1) is 20.3 Å². The maximum Gasteiger partial charge on any atom is 0.338 e. The minimum atomic E-state index is -1.43. The van der Waals surface area contributed by atoms with Crippen molar-refractivity contribution in [3.8, 4) is 0 Å². The number of esters is 3. The summed E-state index contributed by atoms with van der Waals surface area (Å²) in [5.41, 5.74) is 1.58. The molecule has 0 fully saturated rings. The lowest BCUT2D eigenvalue weighted by Gasteiger charge is -2.24. The number of hydrogen-bond donors (Lipinski definition) is 0. The van der Waals surface area contributed by atoms with Crippen molar-refractivity contribution in [2.45, 2.75) is 32.3 Å². The zero-order chi connectivity index (χ0) is 26.7. The van der Waals surface area contributed by atoms with Crippen LogP contribution in [-0.4, -0.2) is 50.4 Å². The van der Waals surface area contributed by atoms with Crippen molar-refractivity contribution in [3.63, 3.8) is 0 Å². The molecule has 0 aliphatic heterocycles. The van der Waals surface area contributed by atoms with E-state index in [1.807, 2.05) is 73.7 Å². The molecule has 196 valence electrons. The molecule has 2 atom stereocenters. The molecule has 0 spiro atoms. The molecule has 0 amide bonds. The molecule has 37 heavy (non-hydrogen) atoms. The molecule has 2 rings (SSSR count). The number of benzene rings is 2.